The molecule has 2 aliphatic heterocycles. The zero-order chi connectivity index (χ0) is 24.6. The maximum absolute atomic E-state index is 13.7. The fraction of sp³-hybridized carbons (Fsp3) is 0.519. The summed E-state index contributed by atoms with van der Waals surface area (Å²) in [5.41, 5.74) is 1.22. The van der Waals surface area contributed by atoms with E-state index in [-0.39, 0.29) is 29.1 Å². The Labute approximate surface area is 205 Å². The summed E-state index contributed by atoms with van der Waals surface area (Å²) in [6, 6.07) is 6.28. The van der Waals surface area contributed by atoms with Crippen molar-refractivity contribution >= 4 is 28.6 Å². The van der Waals surface area contributed by atoms with Crippen molar-refractivity contribution in [1.82, 2.24) is 20.5 Å². The van der Waals surface area contributed by atoms with Crippen molar-refractivity contribution in [3.8, 4) is 18.1 Å². The van der Waals surface area contributed by atoms with Crippen molar-refractivity contribution in [1.29, 1.82) is 0 Å². The Hall–Kier alpha value is -3.47. The number of benzene rings is 1. The van der Waals surface area contributed by atoms with Gasteiger partial charge in [0.1, 0.15) is 17.5 Å². The lowest BCUT2D eigenvalue weighted by molar-refractivity contribution is -0.126. The van der Waals surface area contributed by atoms with E-state index >= 15 is 0 Å². The van der Waals surface area contributed by atoms with Gasteiger partial charge in [0.15, 0.2) is 0 Å². The summed E-state index contributed by atoms with van der Waals surface area (Å²) in [6.07, 6.45) is 11.7. The van der Waals surface area contributed by atoms with Crippen LogP contribution in [0.5, 0.6) is 5.75 Å². The van der Waals surface area contributed by atoms with E-state index in [1.165, 1.54) is 0 Å². The van der Waals surface area contributed by atoms with E-state index < -0.39 is 12.1 Å². The number of terminal acetylenes is 1. The molecule has 3 N–H and O–H groups in total. The van der Waals surface area contributed by atoms with Gasteiger partial charge in [-0.05, 0) is 55.7 Å². The Morgan fingerprint density at radius 2 is 2.14 bits per heavy atom. The molecule has 184 valence electrons. The molecule has 3 heterocycles. The van der Waals surface area contributed by atoms with Gasteiger partial charge in [-0.3, -0.25) is 14.4 Å². The molecule has 35 heavy (non-hydrogen) atoms. The average molecular weight is 477 g/mol. The van der Waals surface area contributed by atoms with Crippen LogP contribution < -0.4 is 15.4 Å². The van der Waals surface area contributed by atoms with E-state index in [0.717, 1.165) is 36.6 Å². The Morgan fingerprint density at radius 1 is 1.34 bits per heavy atom. The second-order valence-corrected chi connectivity index (χ2v) is 10.2. The molecule has 0 bridgehead atoms. The van der Waals surface area contributed by atoms with Gasteiger partial charge in [-0.2, -0.15) is 0 Å². The molecule has 3 aliphatic rings. The number of ether oxygens (including phenoxy) is 1. The first kappa shape index (κ1) is 23.3. The van der Waals surface area contributed by atoms with Crippen molar-refractivity contribution in [2.24, 2.45) is 11.3 Å². The third-order valence-corrected chi connectivity index (χ3v) is 8.01. The van der Waals surface area contributed by atoms with Crippen molar-refractivity contribution in [2.75, 3.05) is 20.2 Å². The van der Waals surface area contributed by atoms with Gasteiger partial charge in [-0.15, -0.1) is 6.42 Å². The van der Waals surface area contributed by atoms with E-state index in [1.54, 1.807) is 18.1 Å². The molecule has 3 fully saturated rings. The number of likely N-dealkylation sites (tertiary alicyclic amines) is 1. The highest BCUT2D eigenvalue weighted by molar-refractivity contribution is 6.02. The molecule has 1 spiro atoms. The molecule has 1 aromatic carbocycles. The minimum Gasteiger partial charge on any atom is -0.496 e. The molecule has 2 aromatic rings. The van der Waals surface area contributed by atoms with Gasteiger partial charge < -0.3 is 25.3 Å². The molecule has 1 aromatic heterocycles. The van der Waals surface area contributed by atoms with Gasteiger partial charge >= 0.3 is 0 Å². The summed E-state index contributed by atoms with van der Waals surface area (Å²) in [6.45, 7) is 1.19. The second-order valence-electron chi connectivity index (χ2n) is 10.2. The van der Waals surface area contributed by atoms with Crippen LogP contribution in [0.3, 0.4) is 0 Å². The van der Waals surface area contributed by atoms with Crippen LogP contribution in [0.4, 0.5) is 0 Å². The predicted molar refractivity (Wildman–Crippen MR) is 132 cm³/mol. The van der Waals surface area contributed by atoms with Crippen LogP contribution in [0, 0.1) is 23.7 Å². The van der Waals surface area contributed by atoms with Crippen LogP contribution in [0.25, 0.3) is 10.9 Å². The minimum absolute atomic E-state index is 0.0173. The second kappa shape index (κ2) is 9.29. The summed E-state index contributed by atoms with van der Waals surface area (Å²) in [5, 5.41) is 6.61. The molecular formula is C27H32N4O4. The van der Waals surface area contributed by atoms with Gasteiger partial charge in [0.25, 0.3) is 5.91 Å². The lowest BCUT2D eigenvalue weighted by atomic mass is 9.84. The van der Waals surface area contributed by atoms with Gasteiger partial charge in [-0.25, -0.2) is 0 Å². The highest BCUT2D eigenvalue weighted by Crippen LogP contribution is 2.48. The molecule has 8 nitrogen and oxygen atoms in total. The number of aromatic nitrogens is 1. The standard InChI is InChI=1S/C27H32N4O4/c1-3-18(13-17-9-12-28-24(17)32)29-25(33)22-15-27(10-4-5-11-27)16-31(22)26(34)21-14-19-20(30-21)7-6-8-23(19)35-2/h1,6-8,14,17-18,22,30H,4-5,9-13,15-16H2,2H3,(H,28,32)(H,29,33). The summed E-state index contributed by atoms with van der Waals surface area (Å²) < 4.78 is 5.44. The van der Waals surface area contributed by atoms with E-state index in [9.17, 15) is 14.4 Å². The van der Waals surface area contributed by atoms with Crippen molar-refractivity contribution < 1.29 is 19.1 Å². The number of hydrogen-bond donors (Lipinski definition) is 3. The predicted octanol–water partition coefficient (Wildman–Crippen LogP) is 2.60. The number of nitrogens with zero attached hydrogens (tertiary/aromatic N) is 1. The number of H-pyrrole nitrogens is 1. The molecule has 3 unspecified atom stereocenters. The van der Waals surface area contributed by atoms with Crippen molar-refractivity contribution in [2.45, 2.75) is 57.0 Å². The van der Waals surface area contributed by atoms with Crippen LogP contribution in [0.1, 0.15) is 55.4 Å². The Bertz CT molecular complexity index is 1190. The number of amides is 3. The number of carbonyl (C=O) groups excluding carboxylic acids is 3. The fourth-order valence-electron chi connectivity index (χ4n) is 6.16. The lowest BCUT2D eigenvalue weighted by Gasteiger charge is -2.25. The number of methoxy groups -OCH3 is 1. The quantitative estimate of drug-likeness (QED) is 0.558. The van der Waals surface area contributed by atoms with Gasteiger partial charge in [0.2, 0.25) is 11.8 Å². The summed E-state index contributed by atoms with van der Waals surface area (Å²) in [4.78, 5) is 44.2. The van der Waals surface area contributed by atoms with E-state index in [2.05, 4.69) is 21.5 Å². The Morgan fingerprint density at radius 3 is 2.83 bits per heavy atom. The number of nitrogens with one attached hydrogen (secondary N) is 3. The highest BCUT2D eigenvalue weighted by Gasteiger charge is 2.50. The monoisotopic (exact) mass is 476 g/mol. The smallest absolute Gasteiger partial charge is 0.271 e. The maximum atomic E-state index is 13.7. The molecule has 1 aliphatic carbocycles. The number of hydrogen-bond acceptors (Lipinski definition) is 4. The molecular weight excluding hydrogens is 444 g/mol. The van der Waals surface area contributed by atoms with E-state index in [0.29, 0.717) is 43.8 Å². The number of rotatable bonds is 6. The zero-order valence-corrected chi connectivity index (χ0v) is 20.1. The van der Waals surface area contributed by atoms with Gasteiger partial charge in [0.05, 0.1) is 13.2 Å². The maximum Gasteiger partial charge on any atom is 0.271 e. The SMILES string of the molecule is C#CC(CC1CCNC1=O)NC(=O)C1CC2(CCCC2)CN1C(=O)c1cc2c(OC)cccc2[nH]1. The number of aromatic amines is 1. The Balaban J connectivity index is 1.38. The molecule has 8 heteroatoms. The molecule has 0 radical (unpaired) electrons. The summed E-state index contributed by atoms with van der Waals surface area (Å²) >= 11 is 0. The zero-order valence-electron chi connectivity index (χ0n) is 20.1. The first-order valence-electron chi connectivity index (χ1n) is 12.4. The van der Waals surface area contributed by atoms with Crippen LogP contribution in [-0.4, -0.2) is 59.9 Å². The first-order valence-corrected chi connectivity index (χ1v) is 12.4. The average Bonchev–Trinajstić information content (AvgIpc) is 3.65. The summed E-state index contributed by atoms with van der Waals surface area (Å²) in [7, 11) is 1.60. The first-order chi connectivity index (χ1) is 16.9. The molecule has 3 atom stereocenters. The third kappa shape index (κ3) is 4.36. The van der Waals surface area contributed by atoms with Crippen LogP contribution in [0.15, 0.2) is 24.3 Å². The van der Waals surface area contributed by atoms with Crippen LogP contribution in [0.2, 0.25) is 0 Å². The Kier molecular flexibility index (Phi) is 6.18. The van der Waals surface area contributed by atoms with Gasteiger partial charge in [-0.1, -0.05) is 24.8 Å². The number of fused-ring (bicyclic) bond motifs is 1. The fourth-order valence-corrected chi connectivity index (χ4v) is 6.16. The normalized spacial score (nSPS) is 23.9. The topological polar surface area (TPSA) is 104 Å². The van der Waals surface area contributed by atoms with Crippen LogP contribution >= 0.6 is 0 Å². The lowest BCUT2D eigenvalue weighted by Crippen LogP contribution is -2.49. The van der Waals surface area contributed by atoms with Crippen LogP contribution in [-0.2, 0) is 9.59 Å². The number of carbonyl (C=O) groups is 3. The largest absolute Gasteiger partial charge is 0.496 e. The van der Waals surface area contributed by atoms with Gasteiger partial charge in [0, 0.05) is 29.9 Å². The molecule has 5 rings (SSSR count). The van der Waals surface area contributed by atoms with E-state index in [4.69, 9.17) is 11.2 Å². The van der Waals surface area contributed by atoms with Crippen molar-refractivity contribution in [3.05, 3.63) is 30.0 Å². The summed E-state index contributed by atoms with van der Waals surface area (Å²) in [5.74, 6) is 2.68. The third-order valence-electron chi connectivity index (χ3n) is 8.01. The molecule has 3 amide bonds. The van der Waals surface area contributed by atoms with Crippen molar-refractivity contribution in [3.63, 3.8) is 0 Å². The minimum atomic E-state index is -0.595. The molecule has 2 saturated heterocycles. The highest BCUT2D eigenvalue weighted by atomic mass is 16.5. The van der Waals surface area contributed by atoms with E-state index in [1.807, 2.05) is 18.2 Å². The molecule has 1 saturated carbocycles.